The fourth-order valence-corrected chi connectivity index (χ4v) is 4.37. The minimum absolute atomic E-state index is 0.0588. The number of nitrogens with zero attached hydrogens (tertiary/aromatic N) is 2. The third kappa shape index (κ3) is 5.00. The van der Waals surface area contributed by atoms with E-state index in [4.69, 9.17) is 4.74 Å². The van der Waals surface area contributed by atoms with Gasteiger partial charge in [0.2, 0.25) is 5.91 Å². The summed E-state index contributed by atoms with van der Waals surface area (Å²) in [4.78, 5) is 18.9. The quantitative estimate of drug-likeness (QED) is 0.570. The number of amides is 1. The van der Waals surface area contributed by atoms with E-state index < -0.39 is 0 Å². The average molecular weight is 431 g/mol. The lowest BCUT2D eigenvalue weighted by Crippen LogP contribution is -2.30. The Balaban J connectivity index is 1.46. The van der Waals surface area contributed by atoms with Gasteiger partial charge in [0.05, 0.1) is 13.0 Å². The molecule has 2 aromatic carbocycles. The lowest BCUT2D eigenvalue weighted by Gasteiger charge is -2.19. The highest BCUT2D eigenvalue weighted by molar-refractivity contribution is 5.78. The predicted octanol–water partition coefficient (Wildman–Crippen LogP) is 5.05. The van der Waals surface area contributed by atoms with Gasteiger partial charge < -0.3 is 14.7 Å². The van der Waals surface area contributed by atoms with Gasteiger partial charge in [-0.1, -0.05) is 44.2 Å². The van der Waals surface area contributed by atoms with E-state index in [1.54, 1.807) is 6.20 Å². The number of likely N-dealkylation sites (tertiary alicyclic amines) is 1. The van der Waals surface area contributed by atoms with Gasteiger partial charge >= 0.3 is 0 Å². The van der Waals surface area contributed by atoms with Gasteiger partial charge in [0, 0.05) is 30.9 Å². The highest BCUT2D eigenvalue weighted by Gasteiger charge is 2.29. The number of hydrogen-bond acceptors (Lipinski definition) is 4. The molecule has 1 aliphatic heterocycles. The van der Waals surface area contributed by atoms with Crippen molar-refractivity contribution in [1.82, 2.24) is 9.88 Å². The standard InChI is InChI=1S/C27H30N2O3/c1-19(2)24-8-3-4-9-26(24)32-23-10-11-25(21(15-23)18-30)20-12-14-29(17-20)27(31)16-22-7-5-6-13-28-22/h3-11,13,15,19-20,30H,12,14,16-18H2,1-2H3. The Hall–Kier alpha value is -3.18. The first-order valence-electron chi connectivity index (χ1n) is 11.2. The summed E-state index contributed by atoms with van der Waals surface area (Å²) in [5.41, 5.74) is 3.89. The zero-order chi connectivity index (χ0) is 22.5. The maximum Gasteiger partial charge on any atom is 0.228 e. The minimum Gasteiger partial charge on any atom is -0.457 e. The number of ether oxygens (including phenoxy) is 1. The number of aliphatic hydroxyl groups is 1. The Bertz CT molecular complexity index is 1070. The zero-order valence-corrected chi connectivity index (χ0v) is 18.7. The molecule has 32 heavy (non-hydrogen) atoms. The minimum atomic E-state index is -0.0588. The lowest BCUT2D eigenvalue weighted by molar-refractivity contribution is -0.129. The molecule has 1 fully saturated rings. The summed E-state index contributed by atoms with van der Waals surface area (Å²) in [6, 6.07) is 19.6. The SMILES string of the molecule is CC(C)c1ccccc1Oc1ccc(C2CCN(C(=O)Cc3ccccn3)C2)c(CO)c1. The summed E-state index contributed by atoms with van der Waals surface area (Å²) in [6.07, 6.45) is 2.92. The normalized spacial score (nSPS) is 15.9. The second-order valence-electron chi connectivity index (χ2n) is 8.64. The number of aromatic nitrogens is 1. The Morgan fingerprint density at radius 1 is 1.16 bits per heavy atom. The maximum absolute atomic E-state index is 12.7. The van der Waals surface area contributed by atoms with Crippen molar-refractivity contribution in [2.75, 3.05) is 13.1 Å². The molecule has 5 nitrogen and oxygen atoms in total. The van der Waals surface area contributed by atoms with E-state index in [0.29, 0.717) is 24.6 Å². The van der Waals surface area contributed by atoms with Crippen LogP contribution in [-0.4, -0.2) is 34.0 Å². The Morgan fingerprint density at radius 2 is 1.97 bits per heavy atom. The van der Waals surface area contributed by atoms with Crippen molar-refractivity contribution in [2.24, 2.45) is 0 Å². The molecule has 4 rings (SSSR count). The zero-order valence-electron chi connectivity index (χ0n) is 18.7. The van der Waals surface area contributed by atoms with Crippen LogP contribution in [0.1, 0.15) is 54.5 Å². The van der Waals surface area contributed by atoms with E-state index in [9.17, 15) is 9.90 Å². The fourth-order valence-electron chi connectivity index (χ4n) is 4.37. The van der Waals surface area contributed by atoms with E-state index in [-0.39, 0.29) is 18.4 Å². The van der Waals surface area contributed by atoms with Crippen molar-refractivity contribution in [1.29, 1.82) is 0 Å². The van der Waals surface area contributed by atoms with Crippen molar-refractivity contribution >= 4 is 5.91 Å². The van der Waals surface area contributed by atoms with Crippen molar-refractivity contribution in [2.45, 2.75) is 45.1 Å². The van der Waals surface area contributed by atoms with Crippen LogP contribution in [0.5, 0.6) is 11.5 Å². The van der Waals surface area contributed by atoms with Gasteiger partial charge in [0.25, 0.3) is 0 Å². The molecule has 0 radical (unpaired) electrons. The van der Waals surface area contributed by atoms with Crippen LogP contribution in [0.4, 0.5) is 0 Å². The largest absolute Gasteiger partial charge is 0.457 e. The molecule has 1 aliphatic rings. The molecule has 0 bridgehead atoms. The molecule has 1 saturated heterocycles. The summed E-state index contributed by atoms with van der Waals surface area (Å²) in [6.45, 7) is 5.61. The van der Waals surface area contributed by atoms with Crippen molar-refractivity contribution in [3.05, 3.63) is 89.2 Å². The van der Waals surface area contributed by atoms with E-state index in [2.05, 4.69) is 24.9 Å². The number of aliphatic hydroxyl groups excluding tert-OH is 1. The third-order valence-corrected chi connectivity index (χ3v) is 6.09. The molecule has 0 saturated carbocycles. The van der Waals surface area contributed by atoms with Gasteiger partial charge in [-0.2, -0.15) is 0 Å². The molecule has 1 amide bonds. The van der Waals surface area contributed by atoms with Crippen LogP contribution in [-0.2, 0) is 17.8 Å². The number of carbonyl (C=O) groups is 1. The van der Waals surface area contributed by atoms with Crippen LogP contribution in [0.25, 0.3) is 0 Å². The lowest BCUT2D eigenvalue weighted by atomic mass is 9.93. The number of carbonyl (C=O) groups excluding carboxylic acids is 1. The fraction of sp³-hybridized carbons (Fsp3) is 0.333. The second-order valence-corrected chi connectivity index (χ2v) is 8.64. The second kappa shape index (κ2) is 9.96. The van der Waals surface area contributed by atoms with Crippen molar-refractivity contribution < 1.29 is 14.6 Å². The third-order valence-electron chi connectivity index (χ3n) is 6.09. The van der Waals surface area contributed by atoms with Crippen LogP contribution in [0.2, 0.25) is 0 Å². The number of para-hydroxylation sites is 1. The highest BCUT2D eigenvalue weighted by atomic mass is 16.5. The van der Waals surface area contributed by atoms with Gasteiger partial charge in [-0.3, -0.25) is 9.78 Å². The monoisotopic (exact) mass is 430 g/mol. The molecule has 1 unspecified atom stereocenters. The summed E-state index contributed by atoms with van der Waals surface area (Å²) >= 11 is 0. The summed E-state index contributed by atoms with van der Waals surface area (Å²) < 4.78 is 6.17. The van der Waals surface area contributed by atoms with Gasteiger partial charge in [0.1, 0.15) is 11.5 Å². The molecular formula is C27H30N2O3. The predicted molar refractivity (Wildman–Crippen MR) is 125 cm³/mol. The van der Waals surface area contributed by atoms with Crippen LogP contribution in [0, 0.1) is 0 Å². The first-order chi connectivity index (χ1) is 15.5. The highest BCUT2D eigenvalue weighted by Crippen LogP contribution is 2.35. The number of rotatable bonds is 7. The average Bonchev–Trinajstić information content (AvgIpc) is 3.30. The molecule has 3 aromatic rings. The van der Waals surface area contributed by atoms with E-state index in [1.807, 2.05) is 59.5 Å². The van der Waals surface area contributed by atoms with E-state index in [1.165, 1.54) is 0 Å². The van der Waals surface area contributed by atoms with Crippen molar-refractivity contribution in [3.63, 3.8) is 0 Å². The summed E-state index contributed by atoms with van der Waals surface area (Å²) in [5.74, 6) is 2.22. The van der Waals surface area contributed by atoms with Crippen molar-refractivity contribution in [3.8, 4) is 11.5 Å². The Morgan fingerprint density at radius 3 is 2.72 bits per heavy atom. The summed E-state index contributed by atoms with van der Waals surface area (Å²) in [5, 5.41) is 10.0. The molecule has 1 aromatic heterocycles. The van der Waals surface area contributed by atoms with Gasteiger partial charge in [-0.05, 0) is 59.4 Å². The van der Waals surface area contributed by atoms with Gasteiger partial charge in [0.15, 0.2) is 0 Å². The van der Waals surface area contributed by atoms with Crippen LogP contribution in [0.15, 0.2) is 66.9 Å². The maximum atomic E-state index is 12.7. The molecule has 166 valence electrons. The molecule has 1 N–H and O–H groups in total. The molecule has 5 heteroatoms. The molecule has 2 heterocycles. The van der Waals surface area contributed by atoms with E-state index in [0.717, 1.165) is 41.1 Å². The Labute approximate surface area is 189 Å². The smallest absolute Gasteiger partial charge is 0.228 e. The van der Waals surface area contributed by atoms with Gasteiger partial charge in [-0.25, -0.2) is 0 Å². The summed E-state index contributed by atoms with van der Waals surface area (Å²) in [7, 11) is 0. The van der Waals surface area contributed by atoms with Crippen LogP contribution < -0.4 is 4.74 Å². The first-order valence-corrected chi connectivity index (χ1v) is 11.2. The number of benzene rings is 2. The molecular weight excluding hydrogens is 400 g/mol. The number of pyridine rings is 1. The van der Waals surface area contributed by atoms with Crippen LogP contribution >= 0.6 is 0 Å². The van der Waals surface area contributed by atoms with Gasteiger partial charge in [-0.15, -0.1) is 0 Å². The van der Waals surface area contributed by atoms with E-state index >= 15 is 0 Å². The topological polar surface area (TPSA) is 62.7 Å². The molecule has 1 atom stereocenters. The first kappa shape index (κ1) is 22.0. The molecule has 0 aliphatic carbocycles. The Kier molecular flexibility index (Phi) is 6.86. The molecule has 0 spiro atoms. The van der Waals surface area contributed by atoms with Crippen LogP contribution in [0.3, 0.4) is 0 Å². The number of hydrogen-bond donors (Lipinski definition) is 1.